The third kappa shape index (κ3) is 4.52. The Kier molecular flexibility index (Phi) is 5.47. The summed E-state index contributed by atoms with van der Waals surface area (Å²) in [4.78, 5) is 27.4. The number of imidazole rings is 1. The Labute approximate surface area is 192 Å². The lowest BCUT2D eigenvalue weighted by molar-refractivity contribution is -0.286. The largest absolute Gasteiger partial charge is 0.586 e. The molecule has 1 aromatic carbocycles. The first-order chi connectivity index (χ1) is 15.8. The third-order valence-corrected chi connectivity index (χ3v) is 6.75. The highest BCUT2D eigenvalue weighted by atomic mass is 32.2. The van der Waals surface area contributed by atoms with Crippen LogP contribution in [0.3, 0.4) is 0 Å². The van der Waals surface area contributed by atoms with E-state index >= 15 is 0 Å². The van der Waals surface area contributed by atoms with Crippen molar-refractivity contribution in [1.29, 1.82) is 0 Å². The summed E-state index contributed by atoms with van der Waals surface area (Å²) < 4.78 is 37.4. The summed E-state index contributed by atoms with van der Waals surface area (Å²) in [6, 6.07) is 4.53. The number of hydrogen-bond donors (Lipinski definition) is 1. The Bertz CT molecular complexity index is 1160. The van der Waals surface area contributed by atoms with E-state index in [1.165, 1.54) is 23.9 Å². The van der Waals surface area contributed by atoms with E-state index in [1.54, 1.807) is 19.3 Å². The Balaban J connectivity index is 1.29. The number of aromatic nitrogens is 4. The zero-order valence-electron chi connectivity index (χ0n) is 17.8. The Morgan fingerprint density at radius 1 is 1.24 bits per heavy atom. The van der Waals surface area contributed by atoms with Crippen LogP contribution in [0.15, 0.2) is 34.6 Å². The minimum Gasteiger partial charge on any atom is -0.395 e. The molecule has 9 nitrogen and oxygen atoms in total. The van der Waals surface area contributed by atoms with Crippen molar-refractivity contribution in [3.05, 3.63) is 24.5 Å². The van der Waals surface area contributed by atoms with Crippen LogP contribution in [0, 0.1) is 5.92 Å². The highest BCUT2D eigenvalue weighted by Gasteiger charge is 2.43. The van der Waals surface area contributed by atoms with Gasteiger partial charge in [-0.3, -0.25) is 4.79 Å². The second-order valence-electron chi connectivity index (χ2n) is 8.12. The molecule has 12 heteroatoms. The summed E-state index contributed by atoms with van der Waals surface area (Å²) in [5, 5.41) is 0.429. The van der Waals surface area contributed by atoms with Crippen LogP contribution < -0.4 is 15.2 Å². The van der Waals surface area contributed by atoms with E-state index in [9.17, 15) is 13.6 Å². The van der Waals surface area contributed by atoms with Crippen LogP contribution >= 0.6 is 11.8 Å². The number of benzene rings is 1. The van der Waals surface area contributed by atoms with E-state index < -0.39 is 6.29 Å². The van der Waals surface area contributed by atoms with Gasteiger partial charge >= 0.3 is 6.29 Å². The van der Waals surface area contributed by atoms with Gasteiger partial charge in [-0.15, -0.1) is 8.78 Å². The number of aryl methyl sites for hydroxylation is 1. The quantitative estimate of drug-likeness (QED) is 0.596. The molecule has 1 fully saturated rings. The Morgan fingerprint density at radius 3 is 2.76 bits per heavy atom. The first kappa shape index (κ1) is 21.7. The van der Waals surface area contributed by atoms with Crippen LogP contribution in [-0.4, -0.2) is 49.7 Å². The molecule has 5 rings (SSSR count). The van der Waals surface area contributed by atoms with Crippen molar-refractivity contribution in [2.45, 2.75) is 49.1 Å². The zero-order valence-corrected chi connectivity index (χ0v) is 18.6. The number of likely N-dealkylation sites (tertiary alicyclic amines) is 1. The van der Waals surface area contributed by atoms with Gasteiger partial charge in [0.05, 0.1) is 6.33 Å². The van der Waals surface area contributed by atoms with Gasteiger partial charge in [-0.2, -0.15) is 0 Å². The number of nitrogens with two attached hydrogens (primary N) is 1. The van der Waals surface area contributed by atoms with Crippen LogP contribution in [0.2, 0.25) is 0 Å². The molecule has 174 valence electrons. The number of carbonyl (C=O) groups is 1. The predicted octanol–water partition coefficient (Wildman–Crippen LogP) is 3.48. The van der Waals surface area contributed by atoms with Gasteiger partial charge in [0.2, 0.25) is 5.91 Å². The summed E-state index contributed by atoms with van der Waals surface area (Å²) in [7, 11) is 0. The normalized spacial score (nSPS) is 17.6. The molecular weight excluding hydrogens is 454 g/mol. The van der Waals surface area contributed by atoms with E-state index in [2.05, 4.69) is 24.4 Å². The molecule has 0 radical (unpaired) electrons. The average Bonchev–Trinajstić information content (AvgIpc) is 3.33. The van der Waals surface area contributed by atoms with E-state index in [0.29, 0.717) is 34.0 Å². The number of piperidine rings is 1. The molecule has 0 atom stereocenters. The number of nitrogen functional groups attached to an aromatic ring is 1. The number of rotatable bonds is 5. The van der Waals surface area contributed by atoms with E-state index in [1.807, 2.05) is 9.47 Å². The van der Waals surface area contributed by atoms with Crippen molar-refractivity contribution in [3.63, 3.8) is 0 Å². The second-order valence-corrected chi connectivity index (χ2v) is 9.16. The molecule has 1 amide bonds. The molecular formula is C21H22F2N6O3S. The van der Waals surface area contributed by atoms with Gasteiger partial charge in [0.1, 0.15) is 0 Å². The van der Waals surface area contributed by atoms with Gasteiger partial charge in [-0.25, -0.2) is 15.0 Å². The molecule has 1 saturated heterocycles. The number of fused-ring (bicyclic) bond motifs is 2. The van der Waals surface area contributed by atoms with Crippen LogP contribution in [0.5, 0.6) is 11.5 Å². The fraction of sp³-hybridized carbons (Fsp3) is 0.429. The van der Waals surface area contributed by atoms with Crippen LogP contribution in [0.4, 0.5) is 14.6 Å². The molecule has 0 bridgehead atoms. The molecule has 4 aliphatic rings. The van der Waals surface area contributed by atoms with Crippen LogP contribution in [-0.2, 0) is 11.3 Å². The first-order valence-electron chi connectivity index (χ1n) is 10.6. The maximum atomic E-state index is 13.3. The summed E-state index contributed by atoms with van der Waals surface area (Å²) >= 11 is 1.21. The lowest BCUT2D eigenvalue weighted by Gasteiger charge is -2.31. The third-order valence-electron chi connectivity index (χ3n) is 5.89. The molecule has 0 unspecified atom stereocenters. The van der Waals surface area contributed by atoms with Crippen LogP contribution in [0.25, 0.3) is 11.5 Å². The topological polar surface area (TPSA) is 108 Å². The van der Waals surface area contributed by atoms with Gasteiger partial charge in [-0.05, 0) is 55.1 Å². The van der Waals surface area contributed by atoms with E-state index in [0.717, 1.165) is 32.4 Å². The molecule has 1 aromatic rings. The monoisotopic (exact) mass is 476 g/mol. The molecule has 0 aliphatic carbocycles. The highest BCUT2D eigenvalue weighted by molar-refractivity contribution is 7.99. The molecule has 0 spiro atoms. The number of alkyl halides is 2. The molecule has 4 heterocycles. The number of amides is 1. The standard InChI is InChI=1S/C21H22F2N6O3S/c1-12(30)28-7-4-13(5-8-28)6-9-29-11-25-18(24)17-19(29)27-20(26-17)33-14-2-3-15-16(10-14)32-21(22,23)31-15/h2-3,10-11,13H,4-9,24H2,1H3. The Hall–Kier alpha value is -3.15. The zero-order chi connectivity index (χ0) is 23.2. The molecule has 2 N–H and O–H groups in total. The number of nitrogens with zero attached hydrogens (tertiary/aromatic N) is 5. The molecule has 33 heavy (non-hydrogen) atoms. The molecule has 0 saturated carbocycles. The van der Waals surface area contributed by atoms with E-state index in [-0.39, 0.29) is 23.2 Å². The van der Waals surface area contributed by atoms with Crippen molar-refractivity contribution in [2.75, 3.05) is 18.8 Å². The van der Waals surface area contributed by atoms with Gasteiger partial charge in [0, 0.05) is 31.5 Å². The Morgan fingerprint density at radius 2 is 2.00 bits per heavy atom. The smallest absolute Gasteiger partial charge is 0.395 e. The number of carbonyl (C=O) groups excluding carboxylic acids is 1. The lowest BCUT2D eigenvalue weighted by atomic mass is 9.93. The number of anilines is 1. The van der Waals surface area contributed by atoms with E-state index in [4.69, 9.17) is 5.73 Å². The average molecular weight is 477 g/mol. The minimum absolute atomic E-state index is 0.0154. The fourth-order valence-corrected chi connectivity index (χ4v) is 4.88. The van der Waals surface area contributed by atoms with Crippen LogP contribution in [0.1, 0.15) is 26.2 Å². The van der Waals surface area contributed by atoms with Gasteiger partial charge in [0.15, 0.2) is 34.0 Å². The maximum Gasteiger partial charge on any atom is 0.586 e. The summed E-state index contributed by atoms with van der Waals surface area (Å²) in [6.45, 7) is 3.89. The van der Waals surface area contributed by atoms with Gasteiger partial charge in [-0.1, -0.05) is 0 Å². The maximum absolute atomic E-state index is 13.3. The second kappa shape index (κ2) is 8.32. The summed E-state index contributed by atoms with van der Waals surface area (Å²) in [5.41, 5.74) is 6.52. The van der Waals surface area contributed by atoms with Crippen molar-refractivity contribution >= 4 is 23.5 Å². The predicted molar refractivity (Wildman–Crippen MR) is 115 cm³/mol. The number of ether oxygens (including phenoxy) is 2. The van der Waals surface area contributed by atoms with Gasteiger partial charge < -0.3 is 24.7 Å². The minimum atomic E-state index is -3.66. The van der Waals surface area contributed by atoms with Crippen molar-refractivity contribution in [3.8, 4) is 23.0 Å². The number of hydrogen-bond acceptors (Lipinski definition) is 8. The fourth-order valence-electron chi connectivity index (χ4n) is 4.10. The van der Waals surface area contributed by atoms with Gasteiger partial charge in [0.25, 0.3) is 0 Å². The number of halogens is 2. The van der Waals surface area contributed by atoms with Crippen molar-refractivity contribution < 1.29 is 23.0 Å². The SMILES string of the molecule is CC(=O)N1CCC(CCn2cnc(N)c3nc(Sc4ccc5c(c4)OC(F)(F)O5)nc2-3)CC1. The summed E-state index contributed by atoms with van der Waals surface area (Å²) in [5.74, 6) is 1.50. The van der Waals surface area contributed by atoms with Crippen molar-refractivity contribution in [2.24, 2.45) is 5.92 Å². The van der Waals surface area contributed by atoms with Crippen molar-refractivity contribution in [1.82, 2.24) is 24.4 Å². The highest BCUT2D eigenvalue weighted by Crippen LogP contribution is 2.43. The summed E-state index contributed by atoms with van der Waals surface area (Å²) in [6.07, 6.45) is 0.883. The molecule has 0 aromatic heterocycles. The molecule has 4 aliphatic heterocycles. The lowest BCUT2D eigenvalue weighted by Crippen LogP contribution is -2.37. The first-order valence-corrected chi connectivity index (χ1v) is 11.4.